The summed E-state index contributed by atoms with van der Waals surface area (Å²) < 4.78 is 12.9. The van der Waals surface area contributed by atoms with E-state index in [0.717, 1.165) is 24.0 Å². The maximum absolute atomic E-state index is 12.9. The van der Waals surface area contributed by atoms with Crippen molar-refractivity contribution in [3.05, 3.63) is 35.1 Å². The van der Waals surface area contributed by atoms with Crippen LogP contribution in [0.1, 0.15) is 37.4 Å². The molecule has 1 aromatic rings. The zero-order valence-corrected chi connectivity index (χ0v) is 8.18. The molecule has 0 fully saturated rings. The molecule has 0 radical (unpaired) electrons. The van der Waals surface area contributed by atoms with Crippen molar-refractivity contribution in [2.75, 3.05) is 0 Å². The van der Waals surface area contributed by atoms with Crippen molar-refractivity contribution in [3.63, 3.8) is 0 Å². The van der Waals surface area contributed by atoms with Crippen molar-refractivity contribution in [1.82, 2.24) is 0 Å². The first-order chi connectivity index (χ1) is 6.19. The Labute approximate surface area is 78.8 Å². The van der Waals surface area contributed by atoms with Crippen LogP contribution >= 0.6 is 0 Å². The predicted octanol–water partition coefficient (Wildman–Crippen LogP) is 2.80. The standard InChI is InChI=1S/C11H16FN/c1-3-8-5-6-9(12)7-10(8)11(13)4-2/h5-7,11H,3-4,13H2,1-2H3/t11-/m1/s1. The summed E-state index contributed by atoms with van der Waals surface area (Å²) in [6, 6.07) is 4.82. The zero-order chi connectivity index (χ0) is 9.84. The van der Waals surface area contributed by atoms with Gasteiger partial charge in [-0.1, -0.05) is 19.9 Å². The van der Waals surface area contributed by atoms with Gasteiger partial charge in [0.2, 0.25) is 0 Å². The molecule has 0 aliphatic heterocycles. The summed E-state index contributed by atoms with van der Waals surface area (Å²) in [5.41, 5.74) is 7.97. The molecular weight excluding hydrogens is 165 g/mol. The van der Waals surface area contributed by atoms with Gasteiger partial charge in [-0.25, -0.2) is 4.39 Å². The molecule has 13 heavy (non-hydrogen) atoms. The van der Waals surface area contributed by atoms with E-state index >= 15 is 0 Å². The molecule has 0 aliphatic carbocycles. The summed E-state index contributed by atoms with van der Waals surface area (Å²) >= 11 is 0. The fourth-order valence-electron chi connectivity index (χ4n) is 1.45. The van der Waals surface area contributed by atoms with Crippen molar-refractivity contribution in [2.24, 2.45) is 5.73 Å². The van der Waals surface area contributed by atoms with E-state index in [9.17, 15) is 4.39 Å². The smallest absolute Gasteiger partial charge is 0.123 e. The van der Waals surface area contributed by atoms with Gasteiger partial charge < -0.3 is 5.73 Å². The minimum Gasteiger partial charge on any atom is -0.324 e. The van der Waals surface area contributed by atoms with Crippen LogP contribution in [0.4, 0.5) is 4.39 Å². The molecule has 1 aromatic carbocycles. The Balaban J connectivity index is 3.07. The molecular formula is C11H16FN. The quantitative estimate of drug-likeness (QED) is 0.762. The van der Waals surface area contributed by atoms with Crippen LogP contribution < -0.4 is 5.73 Å². The Morgan fingerprint density at radius 1 is 1.38 bits per heavy atom. The van der Waals surface area contributed by atoms with Crippen molar-refractivity contribution in [2.45, 2.75) is 32.7 Å². The summed E-state index contributed by atoms with van der Waals surface area (Å²) in [5, 5.41) is 0. The maximum atomic E-state index is 12.9. The summed E-state index contributed by atoms with van der Waals surface area (Å²) in [5.74, 6) is -0.198. The molecule has 1 rings (SSSR count). The van der Waals surface area contributed by atoms with Gasteiger partial charge in [0.25, 0.3) is 0 Å². The summed E-state index contributed by atoms with van der Waals surface area (Å²) in [4.78, 5) is 0. The molecule has 0 spiro atoms. The predicted molar refractivity (Wildman–Crippen MR) is 53.0 cm³/mol. The van der Waals surface area contributed by atoms with E-state index in [1.165, 1.54) is 6.07 Å². The number of hydrogen-bond donors (Lipinski definition) is 1. The van der Waals surface area contributed by atoms with Gasteiger partial charge in [0.15, 0.2) is 0 Å². The van der Waals surface area contributed by atoms with Crippen molar-refractivity contribution >= 4 is 0 Å². The van der Waals surface area contributed by atoms with E-state index in [1.807, 2.05) is 13.0 Å². The fraction of sp³-hybridized carbons (Fsp3) is 0.455. The van der Waals surface area contributed by atoms with Crippen LogP contribution in [0, 0.1) is 5.82 Å². The monoisotopic (exact) mass is 181 g/mol. The van der Waals surface area contributed by atoms with Crippen molar-refractivity contribution in [3.8, 4) is 0 Å². The number of rotatable bonds is 3. The van der Waals surface area contributed by atoms with Crippen LogP contribution in [0.25, 0.3) is 0 Å². The minimum atomic E-state index is -0.198. The van der Waals surface area contributed by atoms with Crippen LogP contribution in [0.15, 0.2) is 18.2 Å². The van der Waals surface area contributed by atoms with Gasteiger partial charge in [-0.15, -0.1) is 0 Å². The highest BCUT2D eigenvalue weighted by Crippen LogP contribution is 2.20. The average Bonchev–Trinajstić information content (AvgIpc) is 2.16. The van der Waals surface area contributed by atoms with Gasteiger partial charge in [-0.3, -0.25) is 0 Å². The number of hydrogen-bond acceptors (Lipinski definition) is 1. The molecule has 1 atom stereocenters. The van der Waals surface area contributed by atoms with Crippen LogP contribution in [-0.2, 0) is 6.42 Å². The number of nitrogens with two attached hydrogens (primary N) is 1. The molecule has 0 saturated carbocycles. The first-order valence-electron chi connectivity index (χ1n) is 4.73. The SMILES string of the molecule is CCc1ccc(F)cc1[C@H](N)CC. The van der Waals surface area contributed by atoms with E-state index in [0.29, 0.717) is 0 Å². The van der Waals surface area contributed by atoms with E-state index in [-0.39, 0.29) is 11.9 Å². The Morgan fingerprint density at radius 2 is 2.08 bits per heavy atom. The van der Waals surface area contributed by atoms with Gasteiger partial charge in [-0.2, -0.15) is 0 Å². The second kappa shape index (κ2) is 4.38. The van der Waals surface area contributed by atoms with Gasteiger partial charge in [-0.05, 0) is 36.1 Å². The average molecular weight is 181 g/mol. The van der Waals surface area contributed by atoms with Gasteiger partial charge >= 0.3 is 0 Å². The first kappa shape index (κ1) is 10.2. The Morgan fingerprint density at radius 3 is 2.62 bits per heavy atom. The summed E-state index contributed by atoms with van der Waals surface area (Å²) in [7, 11) is 0. The van der Waals surface area contributed by atoms with Crippen LogP contribution in [0.3, 0.4) is 0 Å². The number of halogens is 1. The lowest BCUT2D eigenvalue weighted by atomic mass is 9.97. The molecule has 0 heterocycles. The molecule has 1 nitrogen and oxygen atoms in total. The third kappa shape index (κ3) is 2.28. The normalized spacial score (nSPS) is 12.9. The van der Waals surface area contributed by atoms with Gasteiger partial charge in [0, 0.05) is 6.04 Å². The van der Waals surface area contributed by atoms with E-state index < -0.39 is 0 Å². The third-order valence-corrected chi connectivity index (χ3v) is 2.33. The Bertz CT molecular complexity index is 283. The molecule has 0 bridgehead atoms. The topological polar surface area (TPSA) is 26.0 Å². The fourth-order valence-corrected chi connectivity index (χ4v) is 1.45. The molecule has 0 aliphatic rings. The molecule has 2 heteroatoms. The van der Waals surface area contributed by atoms with Crippen molar-refractivity contribution in [1.29, 1.82) is 0 Å². The Hall–Kier alpha value is -0.890. The van der Waals surface area contributed by atoms with E-state index in [2.05, 4.69) is 6.92 Å². The van der Waals surface area contributed by atoms with Crippen LogP contribution in [-0.4, -0.2) is 0 Å². The molecule has 72 valence electrons. The van der Waals surface area contributed by atoms with Gasteiger partial charge in [0.05, 0.1) is 0 Å². The lowest BCUT2D eigenvalue weighted by Crippen LogP contribution is -2.11. The maximum Gasteiger partial charge on any atom is 0.123 e. The number of benzene rings is 1. The highest BCUT2D eigenvalue weighted by atomic mass is 19.1. The van der Waals surface area contributed by atoms with E-state index in [1.54, 1.807) is 6.07 Å². The third-order valence-electron chi connectivity index (χ3n) is 2.33. The highest BCUT2D eigenvalue weighted by molar-refractivity contribution is 5.30. The zero-order valence-electron chi connectivity index (χ0n) is 8.18. The summed E-state index contributed by atoms with van der Waals surface area (Å²) in [6.07, 6.45) is 1.75. The molecule has 0 unspecified atom stereocenters. The highest BCUT2D eigenvalue weighted by Gasteiger charge is 2.08. The first-order valence-corrected chi connectivity index (χ1v) is 4.73. The van der Waals surface area contributed by atoms with Gasteiger partial charge in [0.1, 0.15) is 5.82 Å². The lowest BCUT2D eigenvalue weighted by molar-refractivity contribution is 0.614. The minimum absolute atomic E-state index is 0.0364. The lowest BCUT2D eigenvalue weighted by Gasteiger charge is -2.13. The summed E-state index contributed by atoms with van der Waals surface area (Å²) in [6.45, 7) is 4.06. The second-order valence-corrected chi connectivity index (χ2v) is 3.21. The number of aryl methyl sites for hydroxylation is 1. The van der Waals surface area contributed by atoms with E-state index in [4.69, 9.17) is 5.73 Å². The van der Waals surface area contributed by atoms with Crippen LogP contribution in [0.5, 0.6) is 0 Å². The van der Waals surface area contributed by atoms with Crippen LogP contribution in [0.2, 0.25) is 0 Å². The largest absolute Gasteiger partial charge is 0.324 e. The van der Waals surface area contributed by atoms with Crippen molar-refractivity contribution < 1.29 is 4.39 Å². The molecule has 0 aromatic heterocycles. The molecule has 0 amide bonds. The second-order valence-electron chi connectivity index (χ2n) is 3.21. The Kier molecular flexibility index (Phi) is 3.43. The molecule has 2 N–H and O–H groups in total. The molecule has 0 saturated heterocycles.